The molecule has 1 saturated carbocycles. The minimum absolute atomic E-state index is 0.0618. The van der Waals surface area contributed by atoms with Gasteiger partial charge in [-0.05, 0) is 51.5 Å². The van der Waals surface area contributed by atoms with Gasteiger partial charge >= 0.3 is 0 Å². The minimum atomic E-state index is 0.0618. The molecule has 0 aliphatic heterocycles. The van der Waals surface area contributed by atoms with Crippen LogP contribution in [0.15, 0.2) is 18.2 Å². The summed E-state index contributed by atoms with van der Waals surface area (Å²) in [5.41, 5.74) is 2.74. The van der Waals surface area contributed by atoms with Crippen molar-refractivity contribution in [3.63, 3.8) is 0 Å². The van der Waals surface area contributed by atoms with Crippen molar-refractivity contribution in [2.75, 3.05) is 6.26 Å². The number of aryl methyl sites for hydroxylation is 2. The molecule has 1 aliphatic carbocycles. The molecule has 3 atom stereocenters. The largest absolute Gasteiger partial charge is 0.350 e. The maximum atomic E-state index is 6.40. The van der Waals surface area contributed by atoms with E-state index >= 15 is 0 Å². The summed E-state index contributed by atoms with van der Waals surface area (Å²) in [6.07, 6.45) is 7.39. The Morgan fingerprint density at radius 2 is 2.11 bits per heavy atom. The minimum Gasteiger partial charge on any atom is -0.350 e. The molecule has 3 heteroatoms. The van der Waals surface area contributed by atoms with Gasteiger partial charge in [0.1, 0.15) is 0 Å². The number of thioether (sulfide) groups is 1. The molecule has 1 aliphatic rings. The topological polar surface area (TPSA) is 9.23 Å². The molecular weight excluding hydrogens is 271 g/mol. The standard InChI is InChI=1S/C16H25OPS/c1-12-8-9-13(2)14(11-12)18-17-16(3)10-6-5-7-15(16)19-4/h8-9,11,15,18H,5-7,10H2,1-4H3. The summed E-state index contributed by atoms with van der Waals surface area (Å²) in [5.74, 6) is 0. The Morgan fingerprint density at radius 3 is 2.84 bits per heavy atom. The lowest BCUT2D eigenvalue weighted by molar-refractivity contribution is 0.0751. The van der Waals surface area contributed by atoms with Crippen molar-refractivity contribution in [3.8, 4) is 0 Å². The van der Waals surface area contributed by atoms with Crippen LogP contribution in [0.1, 0.15) is 43.7 Å². The third kappa shape index (κ3) is 3.74. The van der Waals surface area contributed by atoms with Gasteiger partial charge in [0.25, 0.3) is 0 Å². The molecule has 0 spiro atoms. The quantitative estimate of drug-likeness (QED) is 0.751. The number of benzene rings is 1. The fourth-order valence-corrected chi connectivity index (χ4v) is 5.04. The lowest BCUT2D eigenvalue weighted by Crippen LogP contribution is -2.41. The Labute approximate surface area is 123 Å². The zero-order valence-corrected chi connectivity index (χ0v) is 14.3. The Balaban J connectivity index is 2.05. The maximum absolute atomic E-state index is 6.40. The molecule has 3 unspecified atom stereocenters. The van der Waals surface area contributed by atoms with E-state index in [2.05, 4.69) is 45.2 Å². The molecule has 0 aromatic heterocycles. The number of hydrogen-bond donors (Lipinski definition) is 0. The van der Waals surface area contributed by atoms with Gasteiger partial charge in [-0.1, -0.05) is 30.5 Å². The molecule has 0 heterocycles. The highest BCUT2D eigenvalue weighted by Gasteiger charge is 2.37. The van der Waals surface area contributed by atoms with Crippen molar-refractivity contribution in [1.82, 2.24) is 0 Å². The molecule has 2 rings (SSSR count). The van der Waals surface area contributed by atoms with Crippen molar-refractivity contribution in [3.05, 3.63) is 29.3 Å². The predicted octanol–water partition coefficient (Wildman–Crippen LogP) is 4.60. The summed E-state index contributed by atoms with van der Waals surface area (Å²) in [6.45, 7) is 6.65. The summed E-state index contributed by atoms with van der Waals surface area (Å²) in [7, 11) is 0.477. The third-order valence-corrected chi connectivity index (χ3v) is 6.77. The molecule has 0 bridgehead atoms. The number of rotatable bonds is 4. The molecule has 106 valence electrons. The lowest BCUT2D eigenvalue weighted by atomic mass is 9.86. The fraction of sp³-hybridized carbons (Fsp3) is 0.625. The van der Waals surface area contributed by atoms with Crippen LogP contribution in [0.5, 0.6) is 0 Å². The van der Waals surface area contributed by atoms with Crippen LogP contribution in [0.3, 0.4) is 0 Å². The van der Waals surface area contributed by atoms with Crippen molar-refractivity contribution >= 4 is 25.9 Å². The van der Waals surface area contributed by atoms with Gasteiger partial charge in [-0.3, -0.25) is 0 Å². The average molecular weight is 296 g/mol. The van der Waals surface area contributed by atoms with Crippen molar-refractivity contribution in [2.24, 2.45) is 0 Å². The summed E-state index contributed by atoms with van der Waals surface area (Å²) in [6, 6.07) is 6.65. The van der Waals surface area contributed by atoms with Crippen LogP contribution >= 0.6 is 20.6 Å². The van der Waals surface area contributed by atoms with E-state index in [0.717, 1.165) is 0 Å². The van der Waals surface area contributed by atoms with Gasteiger partial charge in [-0.15, -0.1) is 0 Å². The molecule has 1 fully saturated rings. The Hall–Kier alpha value is -0.0400. The molecular formula is C16H25OPS. The van der Waals surface area contributed by atoms with Crippen LogP contribution in [-0.2, 0) is 4.52 Å². The number of hydrogen-bond acceptors (Lipinski definition) is 2. The third-order valence-electron chi connectivity index (χ3n) is 4.14. The van der Waals surface area contributed by atoms with Gasteiger partial charge in [0.2, 0.25) is 0 Å². The first-order valence-electron chi connectivity index (χ1n) is 7.09. The summed E-state index contributed by atoms with van der Waals surface area (Å²) in [5, 5.41) is 2.02. The van der Waals surface area contributed by atoms with Gasteiger partial charge < -0.3 is 4.52 Å². The smallest absolute Gasteiger partial charge is 0.0815 e. The fourth-order valence-electron chi connectivity index (χ4n) is 2.77. The lowest BCUT2D eigenvalue weighted by Gasteiger charge is -2.40. The van der Waals surface area contributed by atoms with E-state index in [4.69, 9.17) is 4.52 Å². The summed E-state index contributed by atoms with van der Waals surface area (Å²) >= 11 is 1.97. The zero-order valence-electron chi connectivity index (χ0n) is 12.5. The van der Waals surface area contributed by atoms with Crippen LogP contribution in [0, 0.1) is 13.8 Å². The molecule has 0 amide bonds. The zero-order chi connectivity index (χ0) is 13.9. The molecule has 0 radical (unpaired) electrons. The second kappa shape index (κ2) is 6.61. The van der Waals surface area contributed by atoms with Crippen LogP contribution in [0.4, 0.5) is 0 Å². The van der Waals surface area contributed by atoms with E-state index < -0.39 is 0 Å². The van der Waals surface area contributed by atoms with Crippen LogP contribution < -0.4 is 5.30 Å². The SMILES string of the molecule is CSC1CCCCC1(C)OPc1cc(C)ccc1C. The normalized spacial score (nSPS) is 28.1. The Kier molecular flexibility index (Phi) is 5.34. The van der Waals surface area contributed by atoms with Gasteiger partial charge in [0.05, 0.1) is 5.60 Å². The highest BCUT2D eigenvalue weighted by Crippen LogP contribution is 2.41. The molecule has 0 N–H and O–H groups in total. The van der Waals surface area contributed by atoms with Crippen molar-refractivity contribution in [2.45, 2.75) is 57.3 Å². The first kappa shape index (κ1) is 15.4. The van der Waals surface area contributed by atoms with Crippen LogP contribution in [0.25, 0.3) is 0 Å². The van der Waals surface area contributed by atoms with Crippen molar-refractivity contribution < 1.29 is 4.52 Å². The van der Waals surface area contributed by atoms with Crippen LogP contribution in [0.2, 0.25) is 0 Å². The predicted molar refractivity (Wildman–Crippen MR) is 89.1 cm³/mol. The van der Waals surface area contributed by atoms with E-state index in [1.54, 1.807) is 0 Å². The second-order valence-corrected chi connectivity index (χ2v) is 7.79. The van der Waals surface area contributed by atoms with Gasteiger partial charge in [0.15, 0.2) is 0 Å². The first-order chi connectivity index (χ1) is 9.05. The monoisotopic (exact) mass is 296 g/mol. The van der Waals surface area contributed by atoms with E-state index in [1.807, 2.05) is 11.8 Å². The molecule has 19 heavy (non-hydrogen) atoms. The summed E-state index contributed by atoms with van der Waals surface area (Å²) in [4.78, 5) is 0. The first-order valence-corrected chi connectivity index (χ1v) is 9.29. The van der Waals surface area contributed by atoms with E-state index in [-0.39, 0.29) is 5.60 Å². The Bertz CT molecular complexity index is 435. The van der Waals surface area contributed by atoms with E-state index in [9.17, 15) is 0 Å². The second-order valence-electron chi connectivity index (χ2n) is 5.81. The molecule has 0 saturated heterocycles. The van der Waals surface area contributed by atoms with Crippen molar-refractivity contribution in [1.29, 1.82) is 0 Å². The summed E-state index contributed by atoms with van der Waals surface area (Å²) < 4.78 is 6.40. The highest BCUT2D eigenvalue weighted by atomic mass is 32.2. The van der Waals surface area contributed by atoms with Crippen LogP contribution in [-0.4, -0.2) is 17.1 Å². The molecule has 1 aromatic rings. The van der Waals surface area contributed by atoms with Gasteiger partial charge in [-0.2, -0.15) is 11.8 Å². The van der Waals surface area contributed by atoms with Gasteiger partial charge in [0, 0.05) is 19.4 Å². The van der Waals surface area contributed by atoms with Gasteiger partial charge in [-0.25, -0.2) is 0 Å². The maximum Gasteiger partial charge on any atom is 0.0815 e. The van der Waals surface area contributed by atoms with E-state index in [1.165, 1.54) is 42.1 Å². The molecule has 1 aromatic carbocycles. The average Bonchev–Trinajstić information content (AvgIpc) is 2.40. The Morgan fingerprint density at radius 1 is 1.32 bits per heavy atom. The van der Waals surface area contributed by atoms with E-state index in [0.29, 0.717) is 14.1 Å². The highest BCUT2D eigenvalue weighted by molar-refractivity contribution is 7.99. The molecule has 1 nitrogen and oxygen atoms in total.